The third-order valence-corrected chi connectivity index (χ3v) is 5.24. The van der Waals surface area contributed by atoms with Crippen LogP contribution in [0.1, 0.15) is 16.4 Å². The van der Waals surface area contributed by atoms with Crippen LogP contribution in [0.3, 0.4) is 0 Å². The Labute approximate surface area is 140 Å². The van der Waals surface area contributed by atoms with Gasteiger partial charge in [-0.1, -0.05) is 72.4 Å². The van der Waals surface area contributed by atoms with Crippen LogP contribution in [-0.4, -0.2) is 18.4 Å². The minimum absolute atomic E-state index is 0.227. The Bertz CT molecular complexity index is 701. The molecule has 0 aliphatic carbocycles. The van der Waals surface area contributed by atoms with Gasteiger partial charge in [0.1, 0.15) is 23.2 Å². The van der Waals surface area contributed by atoms with Crippen molar-refractivity contribution in [3.8, 4) is 0 Å². The highest BCUT2D eigenvalue weighted by molar-refractivity contribution is 8.14. The second-order valence-corrected chi connectivity index (χ2v) is 6.49. The molecule has 0 saturated heterocycles. The molecule has 2 aliphatic heterocycles. The van der Waals surface area contributed by atoms with Crippen LogP contribution in [0.2, 0.25) is 0 Å². The van der Waals surface area contributed by atoms with Crippen molar-refractivity contribution < 1.29 is 0 Å². The first kappa shape index (κ1) is 14.2. The number of hydrogen-bond acceptors (Lipinski definition) is 5. The predicted molar refractivity (Wildman–Crippen MR) is 95.9 cm³/mol. The highest BCUT2D eigenvalue weighted by Gasteiger charge is 2.26. The zero-order chi connectivity index (χ0) is 15.5. The molecule has 0 amide bonds. The molecule has 2 aromatic rings. The van der Waals surface area contributed by atoms with Crippen molar-refractivity contribution in [1.82, 2.24) is 16.0 Å². The lowest BCUT2D eigenvalue weighted by atomic mass is 10.0. The maximum atomic E-state index is 4.67. The summed E-state index contributed by atoms with van der Waals surface area (Å²) >= 11 is 1.80. The summed E-state index contributed by atoms with van der Waals surface area (Å²) < 4.78 is 0. The molecule has 2 aliphatic rings. The van der Waals surface area contributed by atoms with E-state index in [0.717, 1.165) is 23.2 Å². The van der Waals surface area contributed by atoms with E-state index in [4.69, 9.17) is 0 Å². The quantitative estimate of drug-likeness (QED) is 0.813. The molecule has 0 saturated carbocycles. The van der Waals surface area contributed by atoms with E-state index in [1.54, 1.807) is 11.8 Å². The Kier molecular flexibility index (Phi) is 3.94. The molecule has 0 radical (unpaired) electrons. The molecule has 0 fully saturated rings. The van der Waals surface area contributed by atoms with E-state index in [-0.39, 0.29) is 5.25 Å². The van der Waals surface area contributed by atoms with E-state index in [9.17, 15) is 0 Å². The Morgan fingerprint density at radius 3 is 2.13 bits per heavy atom. The van der Waals surface area contributed by atoms with Crippen molar-refractivity contribution >= 4 is 16.8 Å². The van der Waals surface area contributed by atoms with Gasteiger partial charge in [0.15, 0.2) is 0 Å². The van der Waals surface area contributed by atoms with E-state index in [1.807, 2.05) is 0 Å². The molecule has 0 unspecified atom stereocenters. The van der Waals surface area contributed by atoms with E-state index < -0.39 is 0 Å². The van der Waals surface area contributed by atoms with Gasteiger partial charge in [-0.3, -0.25) is 4.99 Å². The molecule has 0 atom stereocenters. The van der Waals surface area contributed by atoms with E-state index in [1.165, 1.54) is 11.1 Å². The molecule has 0 spiro atoms. The van der Waals surface area contributed by atoms with Crippen LogP contribution in [0.25, 0.3) is 0 Å². The first-order valence-electron chi connectivity index (χ1n) is 7.69. The summed E-state index contributed by atoms with van der Waals surface area (Å²) in [6, 6.07) is 21.2. The molecule has 23 heavy (non-hydrogen) atoms. The van der Waals surface area contributed by atoms with Crippen LogP contribution in [0.15, 0.2) is 77.2 Å². The lowest BCUT2D eigenvalue weighted by molar-refractivity contribution is 0.724. The SMILES string of the molecule is c1ccc(C(SC2=NCNC3=C2NCN3)c2ccccc2)cc1. The van der Waals surface area contributed by atoms with Gasteiger partial charge in [0, 0.05) is 0 Å². The summed E-state index contributed by atoms with van der Waals surface area (Å²) in [4.78, 5) is 4.67. The lowest BCUT2D eigenvalue weighted by Gasteiger charge is -2.22. The smallest absolute Gasteiger partial charge is 0.128 e. The molecule has 2 aromatic carbocycles. The minimum Gasteiger partial charge on any atom is -0.363 e. The predicted octanol–water partition coefficient (Wildman–Crippen LogP) is 2.79. The molecule has 5 heteroatoms. The summed E-state index contributed by atoms with van der Waals surface area (Å²) in [5.74, 6) is 1.06. The molecule has 0 aromatic heterocycles. The van der Waals surface area contributed by atoms with Crippen LogP contribution in [-0.2, 0) is 0 Å². The minimum atomic E-state index is 0.227. The molecular formula is C18H18N4S. The van der Waals surface area contributed by atoms with Crippen molar-refractivity contribution in [1.29, 1.82) is 0 Å². The van der Waals surface area contributed by atoms with Crippen molar-refractivity contribution in [2.45, 2.75) is 5.25 Å². The average molecular weight is 322 g/mol. The van der Waals surface area contributed by atoms with Crippen molar-refractivity contribution in [2.24, 2.45) is 4.99 Å². The van der Waals surface area contributed by atoms with Crippen LogP contribution in [0.4, 0.5) is 0 Å². The lowest BCUT2D eigenvalue weighted by Crippen LogP contribution is -2.28. The number of hydrogen-bond donors (Lipinski definition) is 3. The van der Waals surface area contributed by atoms with Crippen molar-refractivity contribution in [2.75, 3.05) is 13.3 Å². The molecule has 2 heterocycles. The molecule has 4 rings (SSSR count). The summed E-state index contributed by atoms with van der Waals surface area (Å²) in [7, 11) is 0. The van der Waals surface area contributed by atoms with Crippen LogP contribution in [0, 0.1) is 0 Å². The third-order valence-electron chi connectivity index (χ3n) is 3.91. The third kappa shape index (κ3) is 2.92. The fourth-order valence-electron chi connectivity index (χ4n) is 2.79. The Morgan fingerprint density at radius 1 is 0.826 bits per heavy atom. The fraction of sp³-hybridized carbons (Fsp3) is 0.167. The summed E-state index contributed by atoms with van der Waals surface area (Å²) in [5, 5.41) is 11.2. The van der Waals surface area contributed by atoms with E-state index in [0.29, 0.717) is 6.67 Å². The number of rotatable bonds is 3. The first-order chi connectivity index (χ1) is 11.4. The maximum absolute atomic E-state index is 4.67. The topological polar surface area (TPSA) is 48.5 Å². The monoisotopic (exact) mass is 322 g/mol. The summed E-state index contributed by atoms with van der Waals surface area (Å²) in [6.45, 7) is 1.37. The zero-order valence-electron chi connectivity index (χ0n) is 12.6. The Hall–Kier alpha value is -2.40. The van der Waals surface area contributed by atoms with Gasteiger partial charge in [-0.25, -0.2) is 0 Å². The highest BCUT2D eigenvalue weighted by Crippen LogP contribution is 2.38. The van der Waals surface area contributed by atoms with Gasteiger partial charge < -0.3 is 16.0 Å². The molecule has 3 N–H and O–H groups in total. The maximum Gasteiger partial charge on any atom is 0.128 e. The second-order valence-electron chi connectivity index (χ2n) is 5.40. The first-order valence-corrected chi connectivity index (χ1v) is 8.57. The molecule has 116 valence electrons. The number of nitrogens with zero attached hydrogens (tertiary/aromatic N) is 1. The van der Waals surface area contributed by atoms with Gasteiger partial charge >= 0.3 is 0 Å². The number of thioether (sulfide) groups is 1. The average Bonchev–Trinajstić information content (AvgIpc) is 3.11. The second kappa shape index (κ2) is 6.38. The highest BCUT2D eigenvalue weighted by atomic mass is 32.2. The van der Waals surface area contributed by atoms with Gasteiger partial charge in [0.05, 0.1) is 11.9 Å². The van der Waals surface area contributed by atoms with Gasteiger partial charge in [-0.05, 0) is 11.1 Å². The zero-order valence-corrected chi connectivity index (χ0v) is 13.4. The van der Waals surface area contributed by atoms with Crippen LogP contribution in [0.5, 0.6) is 0 Å². The number of aliphatic imine (C=N–C) groups is 1. The summed E-state index contributed by atoms with van der Waals surface area (Å²) in [5.41, 5.74) is 3.66. The standard InChI is InChI=1S/C18H18N4S/c1-3-7-13(8-4-1)16(14-9-5-2-6-10-14)23-18-15-17(20-11-19-15)21-12-22-18/h1-10,16,19-21H,11-12H2. The largest absolute Gasteiger partial charge is 0.363 e. The van der Waals surface area contributed by atoms with E-state index >= 15 is 0 Å². The van der Waals surface area contributed by atoms with E-state index in [2.05, 4.69) is 81.6 Å². The van der Waals surface area contributed by atoms with Crippen molar-refractivity contribution in [3.63, 3.8) is 0 Å². The molecule has 4 nitrogen and oxygen atoms in total. The van der Waals surface area contributed by atoms with Crippen LogP contribution >= 0.6 is 11.8 Å². The molecular weight excluding hydrogens is 304 g/mol. The van der Waals surface area contributed by atoms with Gasteiger partial charge in [0.25, 0.3) is 0 Å². The fourth-order valence-corrected chi connectivity index (χ4v) is 4.03. The molecule has 0 bridgehead atoms. The normalized spacial score (nSPS) is 16.3. The van der Waals surface area contributed by atoms with Crippen LogP contribution < -0.4 is 16.0 Å². The number of nitrogens with one attached hydrogen (secondary N) is 3. The Balaban J connectivity index is 1.68. The van der Waals surface area contributed by atoms with Gasteiger partial charge in [0.2, 0.25) is 0 Å². The van der Waals surface area contributed by atoms with Crippen molar-refractivity contribution in [3.05, 3.63) is 83.3 Å². The van der Waals surface area contributed by atoms with Gasteiger partial charge in [-0.2, -0.15) is 0 Å². The Morgan fingerprint density at radius 2 is 1.48 bits per heavy atom. The summed E-state index contributed by atoms with van der Waals surface area (Å²) in [6.07, 6.45) is 0. The number of benzene rings is 2. The van der Waals surface area contributed by atoms with Gasteiger partial charge in [-0.15, -0.1) is 0 Å².